The van der Waals surface area contributed by atoms with Gasteiger partial charge in [-0.25, -0.2) is 9.48 Å². The molecule has 0 radical (unpaired) electrons. The van der Waals surface area contributed by atoms with E-state index >= 15 is 0 Å². The van der Waals surface area contributed by atoms with Gasteiger partial charge in [-0.15, -0.1) is 0 Å². The van der Waals surface area contributed by atoms with Crippen LogP contribution >= 0.6 is 0 Å². The van der Waals surface area contributed by atoms with Crippen LogP contribution in [0.25, 0.3) is 5.69 Å². The molecule has 21 heavy (non-hydrogen) atoms. The lowest BCUT2D eigenvalue weighted by Gasteiger charge is -2.12. The van der Waals surface area contributed by atoms with Crippen molar-refractivity contribution in [3.05, 3.63) is 36.2 Å². The third-order valence-electron chi connectivity index (χ3n) is 3.61. The molecule has 1 aromatic heterocycles. The van der Waals surface area contributed by atoms with Crippen LogP contribution in [0.3, 0.4) is 0 Å². The number of aromatic nitrogens is 2. The van der Waals surface area contributed by atoms with E-state index in [1.54, 1.807) is 12.1 Å². The monoisotopic (exact) mass is 288 g/mol. The minimum atomic E-state index is -1.11. The number of aromatic carboxylic acids is 1. The normalized spacial score (nSPS) is 15.2. The summed E-state index contributed by atoms with van der Waals surface area (Å²) >= 11 is 0. The highest BCUT2D eigenvalue weighted by molar-refractivity contribution is 5.89. The van der Waals surface area contributed by atoms with Crippen molar-refractivity contribution in [1.29, 1.82) is 0 Å². The molecular formula is C15H16N2O4. The van der Waals surface area contributed by atoms with Crippen molar-refractivity contribution >= 4 is 5.97 Å². The maximum atomic E-state index is 11.5. The summed E-state index contributed by atoms with van der Waals surface area (Å²) in [6, 6.07) is 6.29. The standard InChI is InChI=1S/C15H16N2O4/c18-11-5-3-4-10(8-11)17-14(15(19)20)13(9-16-17)21-12-6-1-2-7-12/h3-5,8-9,12,18H,1-2,6-7H2,(H,19,20). The average molecular weight is 288 g/mol. The number of ether oxygens (including phenoxy) is 1. The minimum Gasteiger partial charge on any atom is -0.508 e. The zero-order chi connectivity index (χ0) is 14.8. The number of carbonyl (C=O) groups is 1. The van der Waals surface area contributed by atoms with Crippen LogP contribution in [0.2, 0.25) is 0 Å². The van der Waals surface area contributed by atoms with E-state index in [2.05, 4.69) is 5.10 Å². The van der Waals surface area contributed by atoms with E-state index in [0.717, 1.165) is 25.7 Å². The highest BCUT2D eigenvalue weighted by atomic mass is 16.5. The Morgan fingerprint density at radius 2 is 2.10 bits per heavy atom. The van der Waals surface area contributed by atoms with Crippen molar-refractivity contribution in [2.75, 3.05) is 0 Å². The van der Waals surface area contributed by atoms with Gasteiger partial charge in [0.05, 0.1) is 18.0 Å². The van der Waals surface area contributed by atoms with E-state index in [4.69, 9.17) is 4.74 Å². The van der Waals surface area contributed by atoms with E-state index in [9.17, 15) is 15.0 Å². The summed E-state index contributed by atoms with van der Waals surface area (Å²) in [6.07, 6.45) is 5.57. The number of hydrogen-bond donors (Lipinski definition) is 2. The Morgan fingerprint density at radius 1 is 1.33 bits per heavy atom. The first kappa shape index (κ1) is 13.5. The fourth-order valence-electron chi connectivity index (χ4n) is 2.62. The van der Waals surface area contributed by atoms with Crippen molar-refractivity contribution in [3.63, 3.8) is 0 Å². The number of carboxylic acids is 1. The predicted octanol–water partition coefficient (Wildman–Crippen LogP) is 2.60. The van der Waals surface area contributed by atoms with Crippen LogP contribution in [0.15, 0.2) is 30.5 Å². The summed E-state index contributed by atoms with van der Waals surface area (Å²) in [4.78, 5) is 11.5. The molecule has 1 aromatic carbocycles. The summed E-state index contributed by atoms with van der Waals surface area (Å²) in [6.45, 7) is 0. The van der Waals surface area contributed by atoms with Gasteiger partial charge in [0.2, 0.25) is 0 Å². The van der Waals surface area contributed by atoms with Crippen LogP contribution in [-0.4, -0.2) is 32.1 Å². The second kappa shape index (κ2) is 5.47. The molecule has 3 rings (SSSR count). The first-order valence-electron chi connectivity index (χ1n) is 6.92. The lowest BCUT2D eigenvalue weighted by atomic mass is 10.3. The zero-order valence-electron chi connectivity index (χ0n) is 11.4. The molecule has 0 saturated heterocycles. The number of rotatable bonds is 4. The summed E-state index contributed by atoms with van der Waals surface area (Å²) in [5.74, 6) is -0.779. The summed E-state index contributed by atoms with van der Waals surface area (Å²) in [5, 5.41) is 23.0. The molecule has 2 N–H and O–H groups in total. The highest BCUT2D eigenvalue weighted by Crippen LogP contribution is 2.28. The Morgan fingerprint density at radius 3 is 2.76 bits per heavy atom. The van der Waals surface area contributed by atoms with Crippen molar-refractivity contribution in [2.45, 2.75) is 31.8 Å². The molecule has 1 heterocycles. The fraction of sp³-hybridized carbons (Fsp3) is 0.333. The molecule has 0 atom stereocenters. The number of aromatic hydroxyl groups is 1. The van der Waals surface area contributed by atoms with Crippen molar-refractivity contribution < 1.29 is 19.7 Å². The number of phenols is 1. The Hall–Kier alpha value is -2.50. The van der Waals surface area contributed by atoms with Gasteiger partial charge in [-0.3, -0.25) is 0 Å². The quantitative estimate of drug-likeness (QED) is 0.903. The number of hydrogen-bond acceptors (Lipinski definition) is 4. The Kier molecular flexibility index (Phi) is 3.51. The van der Waals surface area contributed by atoms with Gasteiger partial charge >= 0.3 is 5.97 Å². The maximum absolute atomic E-state index is 11.5. The second-order valence-corrected chi connectivity index (χ2v) is 5.12. The van der Waals surface area contributed by atoms with Gasteiger partial charge in [-0.05, 0) is 37.8 Å². The average Bonchev–Trinajstić information content (AvgIpc) is 3.08. The van der Waals surface area contributed by atoms with E-state index in [1.807, 2.05) is 0 Å². The van der Waals surface area contributed by atoms with Gasteiger partial charge < -0.3 is 14.9 Å². The molecule has 0 aliphatic heterocycles. The first-order valence-corrected chi connectivity index (χ1v) is 6.92. The lowest BCUT2D eigenvalue weighted by Crippen LogP contribution is -2.14. The zero-order valence-corrected chi connectivity index (χ0v) is 11.4. The number of carboxylic acid groups (broad SMARTS) is 1. The molecular weight excluding hydrogens is 272 g/mol. The van der Waals surface area contributed by atoms with Gasteiger partial charge in [0.25, 0.3) is 0 Å². The molecule has 0 spiro atoms. The molecule has 110 valence electrons. The summed E-state index contributed by atoms with van der Waals surface area (Å²) in [7, 11) is 0. The molecule has 6 heteroatoms. The molecule has 0 unspecified atom stereocenters. The van der Waals surface area contributed by atoms with Crippen molar-refractivity contribution in [3.8, 4) is 17.2 Å². The second-order valence-electron chi connectivity index (χ2n) is 5.12. The summed E-state index contributed by atoms with van der Waals surface area (Å²) < 4.78 is 7.04. The maximum Gasteiger partial charge on any atom is 0.358 e. The molecule has 6 nitrogen and oxygen atoms in total. The largest absolute Gasteiger partial charge is 0.508 e. The van der Waals surface area contributed by atoms with Crippen LogP contribution in [0.1, 0.15) is 36.2 Å². The SMILES string of the molecule is O=C(O)c1c(OC2CCCC2)cnn1-c1cccc(O)c1. The number of nitrogens with zero attached hydrogens (tertiary/aromatic N) is 2. The van der Waals surface area contributed by atoms with Crippen LogP contribution in [0.5, 0.6) is 11.5 Å². The first-order chi connectivity index (χ1) is 10.1. The van der Waals surface area contributed by atoms with E-state index in [0.29, 0.717) is 5.69 Å². The highest BCUT2D eigenvalue weighted by Gasteiger charge is 2.24. The van der Waals surface area contributed by atoms with Gasteiger partial charge in [-0.1, -0.05) is 6.07 Å². The van der Waals surface area contributed by atoms with Crippen LogP contribution in [0, 0.1) is 0 Å². The summed E-state index contributed by atoms with van der Waals surface area (Å²) in [5.41, 5.74) is 0.459. The Balaban J connectivity index is 1.97. The van der Waals surface area contributed by atoms with Crippen LogP contribution in [-0.2, 0) is 0 Å². The van der Waals surface area contributed by atoms with Gasteiger partial charge in [0, 0.05) is 6.07 Å². The van der Waals surface area contributed by atoms with Crippen molar-refractivity contribution in [2.24, 2.45) is 0 Å². The van der Waals surface area contributed by atoms with Gasteiger partial charge in [0.15, 0.2) is 11.4 Å². The van der Waals surface area contributed by atoms with Crippen molar-refractivity contribution in [1.82, 2.24) is 9.78 Å². The fourth-order valence-corrected chi connectivity index (χ4v) is 2.62. The van der Waals surface area contributed by atoms with E-state index in [-0.39, 0.29) is 23.3 Å². The lowest BCUT2D eigenvalue weighted by molar-refractivity contribution is 0.0679. The van der Waals surface area contributed by atoms with E-state index < -0.39 is 5.97 Å². The molecule has 1 aliphatic carbocycles. The smallest absolute Gasteiger partial charge is 0.358 e. The Labute approximate surface area is 121 Å². The predicted molar refractivity (Wildman–Crippen MR) is 75.1 cm³/mol. The van der Waals surface area contributed by atoms with E-state index in [1.165, 1.54) is 23.0 Å². The molecule has 1 saturated carbocycles. The van der Waals surface area contributed by atoms with Gasteiger partial charge in [0.1, 0.15) is 5.75 Å². The topological polar surface area (TPSA) is 84.6 Å². The molecule has 0 bridgehead atoms. The third-order valence-corrected chi connectivity index (χ3v) is 3.61. The molecule has 1 aliphatic rings. The third kappa shape index (κ3) is 2.69. The molecule has 1 fully saturated rings. The van der Waals surface area contributed by atoms with Crippen LogP contribution in [0.4, 0.5) is 0 Å². The Bertz CT molecular complexity index is 659. The van der Waals surface area contributed by atoms with Crippen LogP contribution < -0.4 is 4.74 Å². The number of phenolic OH excluding ortho intramolecular Hbond substituents is 1. The molecule has 0 amide bonds. The molecule has 2 aromatic rings. The number of benzene rings is 1. The van der Waals surface area contributed by atoms with Gasteiger partial charge in [-0.2, -0.15) is 5.10 Å². The minimum absolute atomic E-state index is 0.0208.